The Morgan fingerprint density at radius 1 is 0.452 bits per heavy atom. The van der Waals surface area contributed by atoms with E-state index in [2.05, 4.69) is 55.6 Å². The van der Waals surface area contributed by atoms with Crippen molar-refractivity contribution < 1.29 is 24.5 Å². The van der Waals surface area contributed by atoms with Crippen LogP contribution in [0.15, 0.2) is 36.5 Å². The predicted octanol–water partition coefficient (Wildman–Crippen LogP) is 16.5. The van der Waals surface area contributed by atoms with Crippen LogP contribution in [0.3, 0.4) is 0 Å². The minimum Gasteiger partial charge on any atom is -0.466 e. The van der Waals surface area contributed by atoms with Gasteiger partial charge in [0.25, 0.3) is 0 Å². The number of allylic oxidation sites excluding steroid dienone is 6. The Kier molecular flexibility index (Phi) is 50.1. The first-order valence-electron chi connectivity index (χ1n) is 27.2. The van der Waals surface area contributed by atoms with Gasteiger partial charge in [-0.2, -0.15) is 0 Å². The van der Waals surface area contributed by atoms with E-state index in [1.54, 1.807) is 0 Å². The third kappa shape index (κ3) is 47.6. The molecule has 0 rings (SSSR count). The second-order valence-electron chi connectivity index (χ2n) is 18.6. The number of unbranched alkanes of at least 4 members (excludes halogenated alkanes) is 33. The lowest BCUT2D eigenvalue weighted by Crippen LogP contribution is -2.45. The highest BCUT2D eigenvalue weighted by molar-refractivity contribution is 5.76. The van der Waals surface area contributed by atoms with Crippen molar-refractivity contribution in [2.45, 2.75) is 296 Å². The highest BCUT2D eigenvalue weighted by Gasteiger charge is 2.20. The van der Waals surface area contributed by atoms with E-state index >= 15 is 0 Å². The summed E-state index contributed by atoms with van der Waals surface area (Å²) in [6.45, 7) is 4.84. The van der Waals surface area contributed by atoms with Gasteiger partial charge in [-0.3, -0.25) is 9.59 Å². The number of rotatable bonds is 50. The molecule has 6 nitrogen and oxygen atoms in total. The number of nitrogens with one attached hydrogen (secondary N) is 1. The molecule has 0 aliphatic carbocycles. The van der Waals surface area contributed by atoms with Gasteiger partial charge in [-0.05, 0) is 77.0 Å². The molecule has 0 radical (unpaired) electrons. The molecule has 0 bridgehead atoms. The Labute approximate surface area is 385 Å². The number of carbonyl (C=O) groups excluding carboxylic acids is 2. The standard InChI is InChI=1S/C56H105NO5/c1-3-5-7-9-11-13-15-17-18-19-20-21-22-25-28-32-36-40-44-48-54(59)53(52-58)57-55(60)49-45-41-37-33-29-26-23-27-31-35-39-43-47-51-62-56(61)50-46-42-38-34-30-24-16-14-12-10-8-6-4-2/h8,10,14,16,26,29,53-54,58-59H,3-7,9,11-13,15,17-25,27-28,30-52H2,1-2H3,(H,57,60)/b10-8-,16-14-,29-26-. The Morgan fingerprint density at radius 2 is 0.839 bits per heavy atom. The fourth-order valence-corrected chi connectivity index (χ4v) is 8.20. The average Bonchev–Trinajstić information content (AvgIpc) is 3.27. The van der Waals surface area contributed by atoms with E-state index in [-0.39, 0.29) is 18.5 Å². The van der Waals surface area contributed by atoms with E-state index in [9.17, 15) is 19.8 Å². The maximum atomic E-state index is 12.5. The summed E-state index contributed by atoms with van der Waals surface area (Å²) < 4.78 is 5.44. The molecule has 0 heterocycles. The zero-order chi connectivity index (χ0) is 45.1. The summed E-state index contributed by atoms with van der Waals surface area (Å²) in [6, 6.07) is -0.563. The third-order valence-corrected chi connectivity index (χ3v) is 12.4. The van der Waals surface area contributed by atoms with Gasteiger partial charge in [-0.15, -0.1) is 0 Å². The number of aliphatic hydroxyl groups excluding tert-OH is 2. The molecule has 0 saturated heterocycles. The molecular formula is C56H105NO5. The van der Waals surface area contributed by atoms with Gasteiger partial charge >= 0.3 is 5.97 Å². The van der Waals surface area contributed by atoms with Crippen LogP contribution in [0.4, 0.5) is 0 Å². The molecule has 2 atom stereocenters. The summed E-state index contributed by atoms with van der Waals surface area (Å²) in [4.78, 5) is 24.5. The Hall–Kier alpha value is -1.92. The number of hydrogen-bond acceptors (Lipinski definition) is 5. The number of carbonyl (C=O) groups is 2. The maximum Gasteiger partial charge on any atom is 0.305 e. The lowest BCUT2D eigenvalue weighted by Gasteiger charge is -2.22. The molecule has 0 aromatic heterocycles. The monoisotopic (exact) mass is 872 g/mol. The highest BCUT2D eigenvalue weighted by atomic mass is 16.5. The Morgan fingerprint density at radius 3 is 1.32 bits per heavy atom. The van der Waals surface area contributed by atoms with Crippen LogP contribution in [-0.2, 0) is 14.3 Å². The van der Waals surface area contributed by atoms with E-state index < -0.39 is 12.1 Å². The lowest BCUT2D eigenvalue weighted by atomic mass is 10.0. The molecule has 0 aliphatic rings. The minimum absolute atomic E-state index is 0.0279. The molecule has 0 aromatic rings. The second-order valence-corrected chi connectivity index (χ2v) is 18.6. The molecular weight excluding hydrogens is 767 g/mol. The normalized spacial score (nSPS) is 12.9. The van der Waals surface area contributed by atoms with Crippen LogP contribution in [0.5, 0.6) is 0 Å². The molecule has 3 N–H and O–H groups in total. The van der Waals surface area contributed by atoms with Crippen LogP contribution in [0, 0.1) is 0 Å². The first kappa shape index (κ1) is 60.1. The average molecular weight is 872 g/mol. The zero-order valence-corrected chi connectivity index (χ0v) is 41.4. The van der Waals surface area contributed by atoms with Gasteiger partial charge in [0.15, 0.2) is 0 Å². The quantitative estimate of drug-likeness (QED) is 0.0321. The second kappa shape index (κ2) is 51.7. The third-order valence-electron chi connectivity index (χ3n) is 12.4. The molecule has 2 unspecified atom stereocenters. The van der Waals surface area contributed by atoms with E-state index in [1.807, 2.05) is 0 Å². The van der Waals surface area contributed by atoms with Gasteiger partial charge in [-0.25, -0.2) is 0 Å². The Bertz CT molecular complexity index is 1010. The lowest BCUT2D eigenvalue weighted by molar-refractivity contribution is -0.143. The van der Waals surface area contributed by atoms with Gasteiger partial charge in [0.2, 0.25) is 5.91 Å². The fraction of sp³-hybridized carbons (Fsp3) is 0.857. The topological polar surface area (TPSA) is 95.9 Å². The van der Waals surface area contributed by atoms with E-state index in [0.717, 1.165) is 83.5 Å². The zero-order valence-electron chi connectivity index (χ0n) is 41.4. The molecule has 0 aliphatic heterocycles. The van der Waals surface area contributed by atoms with Crippen molar-refractivity contribution in [1.82, 2.24) is 5.32 Å². The smallest absolute Gasteiger partial charge is 0.305 e. The Balaban J connectivity index is 3.51. The minimum atomic E-state index is -0.683. The van der Waals surface area contributed by atoms with Gasteiger partial charge in [-0.1, -0.05) is 230 Å². The van der Waals surface area contributed by atoms with Crippen LogP contribution < -0.4 is 5.32 Å². The summed E-state index contributed by atoms with van der Waals surface area (Å²) >= 11 is 0. The van der Waals surface area contributed by atoms with E-state index in [1.165, 1.54) is 167 Å². The first-order chi connectivity index (χ1) is 30.5. The molecule has 364 valence electrons. The summed E-state index contributed by atoms with van der Waals surface area (Å²) in [6.07, 6.45) is 62.6. The van der Waals surface area contributed by atoms with Gasteiger partial charge < -0.3 is 20.3 Å². The molecule has 0 aromatic carbocycles. The van der Waals surface area contributed by atoms with Crippen molar-refractivity contribution in [3.8, 4) is 0 Å². The van der Waals surface area contributed by atoms with Crippen molar-refractivity contribution in [2.24, 2.45) is 0 Å². The van der Waals surface area contributed by atoms with Gasteiger partial charge in [0, 0.05) is 12.8 Å². The van der Waals surface area contributed by atoms with Crippen LogP contribution in [0.1, 0.15) is 284 Å². The maximum absolute atomic E-state index is 12.5. The first-order valence-corrected chi connectivity index (χ1v) is 27.2. The number of ether oxygens (including phenoxy) is 1. The highest BCUT2D eigenvalue weighted by Crippen LogP contribution is 2.16. The van der Waals surface area contributed by atoms with Gasteiger partial charge in [0.05, 0.1) is 25.4 Å². The van der Waals surface area contributed by atoms with Crippen LogP contribution in [-0.4, -0.2) is 47.4 Å². The summed E-state index contributed by atoms with van der Waals surface area (Å²) in [7, 11) is 0. The summed E-state index contributed by atoms with van der Waals surface area (Å²) in [5.74, 6) is -0.0925. The fourth-order valence-electron chi connectivity index (χ4n) is 8.20. The van der Waals surface area contributed by atoms with Crippen molar-refractivity contribution in [3.05, 3.63) is 36.5 Å². The van der Waals surface area contributed by atoms with Crippen LogP contribution in [0.2, 0.25) is 0 Å². The summed E-state index contributed by atoms with van der Waals surface area (Å²) in [5, 5.41) is 23.3. The van der Waals surface area contributed by atoms with Crippen molar-refractivity contribution in [2.75, 3.05) is 13.2 Å². The number of hydrogen-bond donors (Lipinski definition) is 3. The number of esters is 1. The molecule has 0 saturated carbocycles. The predicted molar refractivity (Wildman–Crippen MR) is 269 cm³/mol. The number of amides is 1. The summed E-state index contributed by atoms with van der Waals surface area (Å²) in [5.41, 5.74) is 0. The molecule has 6 heteroatoms. The van der Waals surface area contributed by atoms with Crippen molar-refractivity contribution >= 4 is 11.9 Å². The van der Waals surface area contributed by atoms with Crippen molar-refractivity contribution in [1.29, 1.82) is 0 Å². The molecule has 1 amide bonds. The van der Waals surface area contributed by atoms with Crippen LogP contribution >= 0.6 is 0 Å². The number of aliphatic hydroxyl groups is 2. The van der Waals surface area contributed by atoms with E-state index in [0.29, 0.717) is 25.9 Å². The van der Waals surface area contributed by atoms with Gasteiger partial charge in [0.1, 0.15) is 0 Å². The largest absolute Gasteiger partial charge is 0.466 e. The van der Waals surface area contributed by atoms with E-state index in [4.69, 9.17) is 4.74 Å². The molecule has 0 fully saturated rings. The molecule has 0 spiro atoms. The van der Waals surface area contributed by atoms with Crippen LogP contribution in [0.25, 0.3) is 0 Å². The molecule has 62 heavy (non-hydrogen) atoms. The van der Waals surface area contributed by atoms with Crippen molar-refractivity contribution in [3.63, 3.8) is 0 Å². The SMILES string of the molecule is CCC/C=C\C/C=C\CCCCCCCC(=O)OCCCCCCCC/C=C\CCCCCC(=O)NC(CO)C(O)CCCCCCCCCCCCCCCCCCCCC.